The predicted molar refractivity (Wildman–Crippen MR) is 75.5 cm³/mol. The Kier molecular flexibility index (Phi) is 3.98. The Morgan fingerprint density at radius 3 is 2.62 bits per heavy atom. The third kappa shape index (κ3) is 3.24. The van der Waals surface area contributed by atoms with Crippen LogP contribution in [-0.4, -0.2) is 26.7 Å². The highest BCUT2D eigenvalue weighted by molar-refractivity contribution is 6.02. The van der Waals surface area contributed by atoms with Crippen LogP contribution >= 0.6 is 0 Å². The minimum atomic E-state index is -0.813. The number of hydrazone groups is 1. The van der Waals surface area contributed by atoms with Crippen LogP contribution in [0.2, 0.25) is 0 Å². The van der Waals surface area contributed by atoms with E-state index in [0.717, 1.165) is 6.20 Å². The van der Waals surface area contributed by atoms with E-state index in [4.69, 9.17) is 0 Å². The monoisotopic (exact) mass is 288 g/mol. The Morgan fingerprint density at radius 2 is 1.95 bits per heavy atom. The number of amides is 1. The molecule has 0 unspecified atom stereocenters. The van der Waals surface area contributed by atoms with E-state index < -0.39 is 17.2 Å². The second kappa shape index (κ2) is 5.87. The zero-order valence-corrected chi connectivity index (χ0v) is 11.0. The molecule has 108 valence electrons. The van der Waals surface area contributed by atoms with E-state index in [1.807, 2.05) is 4.98 Å². The van der Waals surface area contributed by atoms with Gasteiger partial charge in [0.2, 0.25) is 0 Å². The van der Waals surface area contributed by atoms with Crippen molar-refractivity contribution in [3.63, 3.8) is 0 Å². The lowest BCUT2D eigenvalue weighted by Crippen LogP contribution is -2.31. The Balaban J connectivity index is 2.21. The number of phenolic OH excluding ortho intramolecular Hbond substituents is 1. The summed E-state index contributed by atoms with van der Waals surface area (Å²) in [6.07, 6.45) is 1.00. The molecule has 0 fully saturated rings. The first kappa shape index (κ1) is 14.3. The number of carbonyl (C=O) groups is 1. The molecule has 1 amide bonds. The number of benzene rings is 1. The second-order valence-corrected chi connectivity index (χ2v) is 4.14. The maximum atomic E-state index is 11.8. The lowest BCUT2D eigenvalue weighted by Gasteiger charge is -2.04. The zero-order chi connectivity index (χ0) is 15.4. The molecular formula is C13H12N4O4. The van der Waals surface area contributed by atoms with Gasteiger partial charge in [-0.15, -0.1) is 0 Å². The van der Waals surface area contributed by atoms with Gasteiger partial charge in [0.15, 0.2) is 0 Å². The number of hydrogen-bond acceptors (Lipinski definition) is 5. The number of H-pyrrole nitrogens is 2. The van der Waals surface area contributed by atoms with Crippen molar-refractivity contribution in [2.24, 2.45) is 5.10 Å². The van der Waals surface area contributed by atoms with E-state index in [1.165, 1.54) is 6.07 Å². The van der Waals surface area contributed by atoms with Gasteiger partial charge in [0, 0.05) is 11.8 Å². The fraction of sp³-hybridized carbons (Fsp3) is 0.0769. The second-order valence-electron chi connectivity index (χ2n) is 4.14. The molecule has 0 bridgehead atoms. The van der Waals surface area contributed by atoms with Gasteiger partial charge < -0.3 is 10.1 Å². The van der Waals surface area contributed by atoms with Gasteiger partial charge in [-0.1, -0.05) is 12.1 Å². The molecule has 0 saturated heterocycles. The highest BCUT2D eigenvalue weighted by Gasteiger charge is 2.10. The normalized spacial score (nSPS) is 11.2. The number of carbonyl (C=O) groups excluding carboxylic acids is 1. The molecule has 4 N–H and O–H groups in total. The van der Waals surface area contributed by atoms with Gasteiger partial charge in [0.25, 0.3) is 11.5 Å². The van der Waals surface area contributed by atoms with Crippen LogP contribution in [-0.2, 0) is 0 Å². The molecule has 1 heterocycles. The summed E-state index contributed by atoms with van der Waals surface area (Å²) in [4.78, 5) is 38.2. The Labute approximate surface area is 118 Å². The molecule has 0 spiro atoms. The van der Waals surface area contributed by atoms with Crippen molar-refractivity contribution in [3.05, 3.63) is 62.4 Å². The average Bonchev–Trinajstić information content (AvgIpc) is 2.45. The number of para-hydroxylation sites is 1. The van der Waals surface area contributed by atoms with E-state index >= 15 is 0 Å². The Morgan fingerprint density at radius 1 is 1.24 bits per heavy atom. The number of aromatic hydroxyl groups is 1. The van der Waals surface area contributed by atoms with Gasteiger partial charge in [-0.05, 0) is 19.1 Å². The van der Waals surface area contributed by atoms with Crippen molar-refractivity contribution in [2.75, 3.05) is 0 Å². The molecule has 2 rings (SSSR count). The number of aromatic amines is 2. The molecular weight excluding hydrogens is 276 g/mol. The molecule has 21 heavy (non-hydrogen) atoms. The molecule has 0 aliphatic rings. The van der Waals surface area contributed by atoms with Gasteiger partial charge >= 0.3 is 5.69 Å². The molecule has 0 saturated carbocycles. The highest BCUT2D eigenvalue weighted by Crippen LogP contribution is 2.16. The van der Waals surface area contributed by atoms with Crippen molar-refractivity contribution in [1.29, 1.82) is 0 Å². The van der Waals surface area contributed by atoms with E-state index in [9.17, 15) is 19.5 Å². The molecule has 8 nitrogen and oxygen atoms in total. The van der Waals surface area contributed by atoms with Crippen LogP contribution in [0.4, 0.5) is 0 Å². The number of nitrogens with one attached hydrogen (secondary N) is 3. The molecule has 1 aromatic carbocycles. The zero-order valence-electron chi connectivity index (χ0n) is 11.0. The smallest absolute Gasteiger partial charge is 0.325 e. The summed E-state index contributed by atoms with van der Waals surface area (Å²) in [5.74, 6) is -0.753. The summed E-state index contributed by atoms with van der Waals surface area (Å²) in [7, 11) is 0. The summed E-state index contributed by atoms with van der Waals surface area (Å²) < 4.78 is 0. The van der Waals surface area contributed by atoms with Gasteiger partial charge in [-0.2, -0.15) is 5.10 Å². The number of nitrogens with zero attached hydrogens (tertiary/aromatic N) is 1. The molecule has 2 aromatic rings. The third-order valence-electron chi connectivity index (χ3n) is 2.68. The van der Waals surface area contributed by atoms with Crippen LogP contribution in [0.1, 0.15) is 22.8 Å². The molecule has 0 aliphatic carbocycles. The van der Waals surface area contributed by atoms with Crippen LogP contribution in [0.15, 0.2) is 45.2 Å². The lowest BCUT2D eigenvalue weighted by atomic mass is 10.1. The molecule has 8 heteroatoms. The number of aromatic nitrogens is 2. The minimum absolute atomic E-state index is 0.0230. The maximum absolute atomic E-state index is 11.8. The largest absolute Gasteiger partial charge is 0.507 e. The summed E-state index contributed by atoms with van der Waals surface area (Å²) in [6, 6.07) is 6.49. The first-order valence-electron chi connectivity index (χ1n) is 5.94. The van der Waals surface area contributed by atoms with Crippen molar-refractivity contribution in [2.45, 2.75) is 6.92 Å². The summed E-state index contributed by atoms with van der Waals surface area (Å²) in [5, 5.41) is 13.5. The fourth-order valence-electron chi connectivity index (χ4n) is 1.61. The fourth-order valence-corrected chi connectivity index (χ4v) is 1.61. The summed E-state index contributed by atoms with van der Waals surface area (Å²) in [6.45, 7) is 1.59. The third-order valence-corrected chi connectivity index (χ3v) is 2.68. The van der Waals surface area contributed by atoms with Crippen LogP contribution in [0.3, 0.4) is 0 Å². The molecule has 1 aromatic heterocycles. The predicted octanol–water partition coefficient (Wildman–Crippen LogP) is -0.0772. The van der Waals surface area contributed by atoms with Gasteiger partial charge in [-0.3, -0.25) is 14.6 Å². The van der Waals surface area contributed by atoms with Crippen LogP contribution < -0.4 is 16.7 Å². The minimum Gasteiger partial charge on any atom is -0.507 e. The number of hydrogen-bond donors (Lipinski definition) is 4. The number of rotatable bonds is 3. The van der Waals surface area contributed by atoms with Crippen LogP contribution in [0.25, 0.3) is 0 Å². The summed E-state index contributed by atoms with van der Waals surface area (Å²) in [5.41, 5.74) is 1.20. The maximum Gasteiger partial charge on any atom is 0.325 e. The van der Waals surface area contributed by atoms with Crippen molar-refractivity contribution in [3.8, 4) is 5.75 Å². The van der Waals surface area contributed by atoms with E-state index in [-0.39, 0.29) is 11.3 Å². The molecule has 0 radical (unpaired) electrons. The van der Waals surface area contributed by atoms with Crippen molar-refractivity contribution in [1.82, 2.24) is 15.4 Å². The van der Waals surface area contributed by atoms with Crippen LogP contribution in [0.5, 0.6) is 5.75 Å². The Hall–Kier alpha value is -3.16. The SMILES string of the molecule is CC(=NNC(=O)c1c[nH]c(=O)[nH]c1=O)c1ccccc1O. The van der Waals surface area contributed by atoms with Gasteiger partial charge in [0.05, 0.1) is 5.71 Å². The molecule has 0 atom stereocenters. The standard InChI is InChI=1S/C13H12N4O4/c1-7(8-4-2-3-5-10(8)18)16-17-12(20)9-6-14-13(21)15-11(9)19/h2-6,18H,1H3,(H,17,20)(H2,14,15,19,21). The van der Waals surface area contributed by atoms with E-state index in [0.29, 0.717) is 11.3 Å². The van der Waals surface area contributed by atoms with E-state index in [2.05, 4.69) is 15.5 Å². The molecule has 0 aliphatic heterocycles. The van der Waals surface area contributed by atoms with Crippen molar-refractivity contribution < 1.29 is 9.90 Å². The van der Waals surface area contributed by atoms with E-state index in [1.54, 1.807) is 25.1 Å². The quantitative estimate of drug-likeness (QED) is 0.465. The van der Waals surface area contributed by atoms with Crippen LogP contribution in [0, 0.1) is 0 Å². The number of phenols is 1. The first-order chi connectivity index (χ1) is 9.99. The average molecular weight is 288 g/mol. The highest BCUT2D eigenvalue weighted by atomic mass is 16.3. The summed E-state index contributed by atoms with van der Waals surface area (Å²) >= 11 is 0. The Bertz CT molecular complexity index is 819. The van der Waals surface area contributed by atoms with Gasteiger partial charge in [-0.25, -0.2) is 10.2 Å². The van der Waals surface area contributed by atoms with Gasteiger partial charge in [0.1, 0.15) is 11.3 Å². The van der Waals surface area contributed by atoms with Crippen molar-refractivity contribution >= 4 is 11.6 Å². The lowest BCUT2D eigenvalue weighted by molar-refractivity contribution is 0.0953. The topological polar surface area (TPSA) is 127 Å². The first-order valence-corrected chi connectivity index (χ1v) is 5.94.